The fourth-order valence-corrected chi connectivity index (χ4v) is 2.30. The Balaban J connectivity index is 1.57. The van der Waals surface area contributed by atoms with Crippen molar-refractivity contribution >= 4 is 11.9 Å². The first kappa shape index (κ1) is 15.0. The number of carbonyl (C=O) groups is 2. The SMILES string of the molecule is COc1ccc(-c2n[nH]c(CNC(=O)[C@@H]3C[C@H]3C(=O)O)n2)cc1. The summed E-state index contributed by atoms with van der Waals surface area (Å²) in [6.07, 6.45) is 0.397. The molecular weight excluding hydrogens is 300 g/mol. The summed E-state index contributed by atoms with van der Waals surface area (Å²) in [5, 5.41) is 18.3. The number of aliphatic carboxylic acids is 1. The lowest BCUT2D eigenvalue weighted by molar-refractivity contribution is -0.140. The van der Waals surface area contributed by atoms with Gasteiger partial charge in [-0.2, -0.15) is 5.10 Å². The summed E-state index contributed by atoms with van der Waals surface area (Å²) >= 11 is 0. The average Bonchev–Trinajstić information content (AvgIpc) is 3.24. The summed E-state index contributed by atoms with van der Waals surface area (Å²) in [7, 11) is 1.59. The minimum Gasteiger partial charge on any atom is -0.497 e. The molecule has 0 unspecified atom stereocenters. The number of rotatable bonds is 6. The Kier molecular flexibility index (Phi) is 3.96. The fourth-order valence-electron chi connectivity index (χ4n) is 2.30. The number of hydrogen-bond acceptors (Lipinski definition) is 5. The number of H-pyrrole nitrogens is 1. The van der Waals surface area contributed by atoms with E-state index in [1.165, 1.54) is 0 Å². The zero-order chi connectivity index (χ0) is 16.4. The van der Waals surface area contributed by atoms with Gasteiger partial charge in [0, 0.05) is 5.56 Å². The Bertz CT molecular complexity index is 725. The monoisotopic (exact) mass is 316 g/mol. The van der Waals surface area contributed by atoms with Crippen molar-refractivity contribution in [3.05, 3.63) is 30.1 Å². The number of carboxylic acid groups (broad SMARTS) is 1. The van der Waals surface area contributed by atoms with Crippen molar-refractivity contribution in [3.8, 4) is 17.1 Å². The highest BCUT2D eigenvalue weighted by atomic mass is 16.5. The maximum absolute atomic E-state index is 11.8. The maximum Gasteiger partial charge on any atom is 0.307 e. The second-order valence-electron chi connectivity index (χ2n) is 5.34. The number of ether oxygens (including phenoxy) is 1. The van der Waals surface area contributed by atoms with Crippen LogP contribution in [-0.2, 0) is 16.1 Å². The van der Waals surface area contributed by atoms with E-state index in [4.69, 9.17) is 9.84 Å². The van der Waals surface area contributed by atoms with Crippen molar-refractivity contribution in [1.82, 2.24) is 20.5 Å². The van der Waals surface area contributed by atoms with Crippen LogP contribution in [0.4, 0.5) is 0 Å². The average molecular weight is 316 g/mol. The molecule has 3 rings (SSSR count). The molecule has 2 aromatic rings. The first-order valence-electron chi connectivity index (χ1n) is 7.14. The van der Waals surface area contributed by atoms with Gasteiger partial charge in [-0.3, -0.25) is 14.7 Å². The Morgan fingerprint density at radius 3 is 2.70 bits per heavy atom. The van der Waals surface area contributed by atoms with Crippen LogP contribution in [0.2, 0.25) is 0 Å². The molecule has 0 saturated heterocycles. The van der Waals surface area contributed by atoms with Gasteiger partial charge >= 0.3 is 5.97 Å². The standard InChI is InChI=1S/C15H16N4O4/c1-23-9-4-2-8(3-5-9)13-17-12(18-19-13)7-16-14(20)10-6-11(10)15(21)22/h2-5,10-11H,6-7H2,1H3,(H,16,20)(H,21,22)(H,17,18,19)/t10-,11-/m1/s1. The predicted molar refractivity (Wildman–Crippen MR) is 79.5 cm³/mol. The third-order valence-corrected chi connectivity index (χ3v) is 3.75. The van der Waals surface area contributed by atoms with Crippen molar-refractivity contribution in [2.24, 2.45) is 11.8 Å². The molecule has 0 bridgehead atoms. The lowest BCUT2D eigenvalue weighted by atomic mass is 10.2. The van der Waals surface area contributed by atoms with Crippen LogP contribution in [0.3, 0.4) is 0 Å². The number of carbonyl (C=O) groups excluding carboxylic acids is 1. The number of benzene rings is 1. The molecule has 1 aliphatic rings. The summed E-state index contributed by atoms with van der Waals surface area (Å²) in [6.45, 7) is 0.185. The Hall–Kier alpha value is -2.90. The van der Waals surface area contributed by atoms with Gasteiger partial charge in [-0.15, -0.1) is 0 Å². The van der Waals surface area contributed by atoms with Gasteiger partial charge in [0.05, 0.1) is 25.5 Å². The molecule has 1 amide bonds. The number of carboxylic acids is 1. The third kappa shape index (κ3) is 3.31. The highest BCUT2D eigenvalue weighted by Gasteiger charge is 2.48. The molecule has 0 radical (unpaired) electrons. The van der Waals surface area contributed by atoms with Gasteiger partial charge in [0.25, 0.3) is 0 Å². The van der Waals surface area contributed by atoms with E-state index in [0.717, 1.165) is 11.3 Å². The van der Waals surface area contributed by atoms with Gasteiger partial charge in [0.15, 0.2) is 5.82 Å². The van der Waals surface area contributed by atoms with Crippen molar-refractivity contribution in [3.63, 3.8) is 0 Å². The Morgan fingerprint density at radius 2 is 2.09 bits per heavy atom. The van der Waals surface area contributed by atoms with E-state index in [0.29, 0.717) is 18.1 Å². The highest BCUT2D eigenvalue weighted by Crippen LogP contribution is 2.38. The smallest absolute Gasteiger partial charge is 0.307 e. The number of nitrogens with zero attached hydrogens (tertiary/aromatic N) is 2. The van der Waals surface area contributed by atoms with Crippen LogP contribution in [0.1, 0.15) is 12.2 Å². The van der Waals surface area contributed by atoms with Crippen LogP contribution < -0.4 is 10.1 Å². The first-order valence-corrected chi connectivity index (χ1v) is 7.14. The number of nitrogens with one attached hydrogen (secondary N) is 2. The quantitative estimate of drug-likeness (QED) is 0.726. The molecule has 2 atom stereocenters. The number of amides is 1. The van der Waals surface area contributed by atoms with Crippen LogP contribution in [0.15, 0.2) is 24.3 Å². The van der Waals surface area contributed by atoms with E-state index in [1.54, 1.807) is 7.11 Å². The summed E-state index contributed by atoms with van der Waals surface area (Å²) < 4.78 is 5.09. The molecule has 1 saturated carbocycles. The second kappa shape index (κ2) is 6.07. The van der Waals surface area contributed by atoms with E-state index in [-0.39, 0.29) is 12.5 Å². The summed E-state index contributed by atoms with van der Waals surface area (Å²) in [4.78, 5) is 26.8. The Morgan fingerprint density at radius 1 is 1.35 bits per heavy atom. The largest absolute Gasteiger partial charge is 0.497 e. The van der Waals surface area contributed by atoms with E-state index >= 15 is 0 Å². The molecule has 8 heteroatoms. The van der Waals surface area contributed by atoms with Crippen molar-refractivity contribution in [2.75, 3.05) is 7.11 Å². The minimum atomic E-state index is -0.924. The molecule has 1 heterocycles. The zero-order valence-electron chi connectivity index (χ0n) is 12.4. The van der Waals surface area contributed by atoms with Crippen LogP contribution in [0, 0.1) is 11.8 Å². The van der Waals surface area contributed by atoms with Crippen LogP contribution in [0.25, 0.3) is 11.4 Å². The lowest BCUT2D eigenvalue weighted by Crippen LogP contribution is -2.26. The van der Waals surface area contributed by atoms with Gasteiger partial charge in [0.2, 0.25) is 5.91 Å². The molecule has 0 spiro atoms. The molecule has 120 valence electrons. The number of aromatic amines is 1. The van der Waals surface area contributed by atoms with Crippen LogP contribution >= 0.6 is 0 Å². The van der Waals surface area contributed by atoms with Gasteiger partial charge in [-0.1, -0.05) is 0 Å². The van der Waals surface area contributed by atoms with Gasteiger partial charge in [-0.25, -0.2) is 4.98 Å². The van der Waals surface area contributed by atoms with Gasteiger partial charge in [0.1, 0.15) is 11.6 Å². The van der Waals surface area contributed by atoms with Gasteiger partial charge < -0.3 is 15.2 Å². The molecule has 3 N–H and O–H groups in total. The number of methoxy groups -OCH3 is 1. The lowest BCUT2D eigenvalue weighted by Gasteiger charge is -2.01. The fraction of sp³-hybridized carbons (Fsp3) is 0.333. The molecule has 0 aliphatic heterocycles. The van der Waals surface area contributed by atoms with Crippen LogP contribution in [0.5, 0.6) is 5.75 Å². The molecule has 1 aromatic heterocycles. The maximum atomic E-state index is 11.8. The summed E-state index contributed by atoms with van der Waals surface area (Å²) in [5.74, 6) is -0.403. The Labute approximate surface area is 131 Å². The molecule has 8 nitrogen and oxygen atoms in total. The molecule has 1 fully saturated rings. The summed E-state index contributed by atoms with van der Waals surface area (Å²) in [6, 6.07) is 7.30. The van der Waals surface area contributed by atoms with Crippen molar-refractivity contribution in [2.45, 2.75) is 13.0 Å². The number of aromatic nitrogens is 3. The van der Waals surface area contributed by atoms with Crippen LogP contribution in [-0.4, -0.2) is 39.3 Å². The molecule has 1 aromatic carbocycles. The first-order chi connectivity index (χ1) is 11.1. The van der Waals surface area contributed by atoms with Crippen molar-refractivity contribution < 1.29 is 19.4 Å². The second-order valence-corrected chi connectivity index (χ2v) is 5.34. The molecule has 1 aliphatic carbocycles. The molecular formula is C15H16N4O4. The normalized spacial score (nSPS) is 19.2. The minimum absolute atomic E-state index is 0.185. The van der Waals surface area contributed by atoms with Crippen molar-refractivity contribution in [1.29, 1.82) is 0 Å². The highest BCUT2D eigenvalue weighted by molar-refractivity contribution is 5.89. The van der Waals surface area contributed by atoms with E-state index < -0.39 is 17.8 Å². The zero-order valence-corrected chi connectivity index (χ0v) is 12.4. The van der Waals surface area contributed by atoms with Gasteiger partial charge in [-0.05, 0) is 30.7 Å². The third-order valence-electron chi connectivity index (χ3n) is 3.75. The number of hydrogen-bond donors (Lipinski definition) is 3. The predicted octanol–water partition coefficient (Wildman–Crippen LogP) is 0.817. The summed E-state index contributed by atoms with van der Waals surface area (Å²) in [5.41, 5.74) is 0.827. The van der Waals surface area contributed by atoms with E-state index in [9.17, 15) is 9.59 Å². The van der Waals surface area contributed by atoms with E-state index in [1.807, 2.05) is 24.3 Å². The topological polar surface area (TPSA) is 117 Å². The molecule has 23 heavy (non-hydrogen) atoms. The van der Waals surface area contributed by atoms with E-state index in [2.05, 4.69) is 20.5 Å².